The molecule has 7 heteroatoms. The summed E-state index contributed by atoms with van der Waals surface area (Å²) in [6, 6.07) is 15.2. The molecule has 6 nitrogen and oxygen atoms in total. The molecule has 4 rings (SSSR count). The first-order chi connectivity index (χ1) is 14.5. The Labute approximate surface area is 171 Å². The smallest absolute Gasteiger partial charge is 0.296 e. The van der Waals surface area contributed by atoms with Crippen LogP contribution >= 0.6 is 0 Å². The lowest BCUT2D eigenvalue weighted by Crippen LogP contribution is -2.29. The lowest BCUT2D eigenvalue weighted by molar-refractivity contribution is -0.140. The summed E-state index contributed by atoms with van der Waals surface area (Å²) in [7, 11) is 1.33. The van der Waals surface area contributed by atoms with Crippen molar-refractivity contribution in [2.24, 2.45) is 0 Å². The predicted octanol–water partition coefficient (Wildman–Crippen LogP) is 4.05. The van der Waals surface area contributed by atoms with Crippen LogP contribution in [0.3, 0.4) is 0 Å². The molecule has 1 fully saturated rings. The van der Waals surface area contributed by atoms with E-state index < -0.39 is 29.3 Å². The summed E-state index contributed by atoms with van der Waals surface area (Å²) in [5.41, 5.74) is 0.603. The maximum absolute atomic E-state index is 14.2. The Morgan fingerprint density at radius 2 is 1.90 bits per heavy atom. The molecule has 0 spiro atoms. The first-order valence-electron chi connectivity index (χ1n) is 9.21. The Kier molecular flexibility index (Phi) is 5.10. The molecule has 1 atom stereocenters. The maximum atomic E-state index is 14.2. The second-order valence-electron chi connectivity index (χ2n) is 6.77. The molecule has 30 heavy (non-hydrogen) atoms. The van der Waals surface area contributed by atoms with Gasteiger partial charge in [-0.15, -0.1) is 0 Å². The van der Waals surface area contributed by atoms with E-state index in [1.54, 1.807) is 42.5 Å². The van der Waals surface area contributed by atoms with Crippen LogP contribution < -0.4 is 4.74 Å². The zero-order valence-corrected chi connectivity index (χ0v) is 16.0. The second kappa shape index (κ2) is 7.87. The number of hydrogen-bond acceptors (Lipinski definition) is 5. The van der Waals surface area contributed by atoms with E-state index in [4.69, 9.17) is 9.15 Å². The zero-order valence-electron chi connectivity index (χ0n) is 16.0. The van der Waals surface area contributed by atoms with Gasteiger partial charge in [0.15, 0.2) is 11.6 Å². The van der Waals surface area contributed by atoms with Crippen molar-refractivity contribution in [1.29, 1.82) is 0 Å². The number of aliphatic hydroxyl groups is 1. The van der Waals surface area contributed by atoms with Gasteiger partial charge in [-0.2, -0.15) is 0 Å². The molecular weight excluding hydrogens is 389 g/mol. The van der Waals surface area contributed by atoms with Gasteiger partial charge in [0.2, 0.25) is 0 Å². The summed E-state index contributed by atoms with van der Waals surface area (Å²) in [4.78, 5) is 27.1. The van der Waals surface area contributed by atoms with E-state index in [-0.39, 0.29) is 23.4 Å². The number of Topliss-reactive ketones (excluding diaryl/α,β-unsaturated/α-hetero) is 1. The minimum atomic E-state index is -0.846. The van der Waals surface area contributed by atoms with Gasteiger partial charge in [0.1, 0.15) is 11.5 Å². The summed E-state index contributed by atoms with van der Waals surface area (Å²) in [6.45, 7) is 0.0465. The molecule has 0 saturated carbocycles. The van der Waals surface area contributed by atoms with Crippen molar-refractivity contribution in [3.8, 4) is 5.75 Å². The number of furan rings is 1. The van der Waals surface area contributed by atoms with Crippen LogP contribution in [0.5, 0.6) is 5.75 Å². The minimum Gasteiger partial charge on any atom is -0.507 e. The number of carbonyl (C=O) groups is 2. The van der Waals surface area contributed by atoms with Gasteiger partial charge in [0, 0.05) is 5.56 Å². The lowest BCUT2D eigenvalue weighted by atomic mass is 9.95. The molecule has 1 amide bonds. The Morgan fingerprint density at radius 1 is 1.13 bits per heavy atom. The molecule has 2 heterocycles. The number of rotatable bonds is 5. The van der Waals surface area contributed by atoms with Crippen LogP contribution in [-0.4, -0.2) is 28.8 Å². The number of ether oxygens (including phenoxy) is 1. The summed E-state index contributed by atoms with van der Waals surface area (Å²) in [5, 5.41) is 10.9. The van der Waals surface area contributed by atoms with E-state index in [0.717, 1.165) is 6.07 Å². The number of ketones is 1. The van der Waals surface area contributed by atoms with Crippen molar-refractivity contribution in [3.63, 3.8) is 0 Å². The highest BCUT2D eigenvalue weighted by molar-refractivity contribution is 6.46. The molecule has 0 bridgehead atoms. The molecule has 1 aliphatic heterocycles. The number of halogens is 1. The lowest BCUT2D eigenvalue weighted by Gasteiger charge is -2.24. The van der Waals surface area contributed by atoms with Crippen molar-refractivity contribution < 1.29 is 28.2 Å². The average Bonchev–Trinajstić information content (AvgIpc) is 3.36. The van der Waals surface area contributed by atoms with Crippen molar-refractivity contribution in [2.45, 2.75) is 12.6 Å². The molecule has 0 radical (unpaired) electrons. The van der Waals surface area contributed by atoms with E-state index in [2.05, 4.69) is 0 Å². The summed E-state index contributed by atoms with van der Waals surface area (Å²) in [6.07, 6.45) is 1.48. The van der Waals surface area contributed by atoms with Crippen LogP contribution in [0.2, 0.25) is 0 Å². The maximum Gasteiger partial charge on any atom is 0.296 e. The third kappa shape index (κ3) is 3.34. The number of carbonyl (C=O) groups excluding carboxylic acids is 2. The average molecular weight is 407 g/mol. The van der Waals surface area contributed by atoms with Crippen molar-refractivity contribution in [2.75, 3.05) is 7.11 Å². The predicted molar refractivity (Wildman–Crippen MR) is 106 cm³/mol. The summed E-state index contributed by atoms with van der Waals surface area (Å²) in [5.74, 6) is -2.26. The van der Waals surface area contributed by atoms with Gasteiger partial charge >= 0.3 is 0 Å². The zero-order chi connectivity index (χ0) is 21.3. The van der Waals surface area contributed by atoms with Gasteiger partial charge in [-0.3, -0.25) is 9.59 Å². The van der Waals surface area contributed by atoms with E-state index in [1.807, 2.05) is 0 Å². The van der Waals surface area contributed by atoms with Crippen molar-refractivity contribution in [3.05, 3.63) is 95.2 Å². The second-order valence-corrected chi connectivity index (χ2v) is 6.77. The van der Waals surface area contributed by atoms with Gasteiger partial charge in [-0.1, -0.05) is 30.3 Å². The van der Waals surface area contributed by atoms with E-state index in [1.165, 1.54) is 30.4 Å². The molecule has 2 aromatic carbocycles. The van der Waals surface area contributed by atoms with Crippen molar-refractivity contribution >= 4 is 17.4 Å². The number of methoxy groups -OCH3 is 1. The van der Waals surface area contributed by atoms with E-state index >= 15 is 0 Å². The fourth-order valence-corrected chi connectivity index (χ4v) is 3.56. The van der Waals surface area contributed by atoms with Gasteiger partial charge in [-0.05, 0) is 35.9 Å². The Bertz CT molecular complexity index is 1120. The van der Waals surface area contributed by atoms with Crippen LogP contribution in [0.25, 0.3) is 5.76 Å². The van der Waals surface area contributed by atoms with Gasteiger partial charge in [-0.25, -0.2) is 4.39 Å². The number of amides is 1. The summed E-state index contributed by atoms with van der Waals surface area (Å²) >= 11 is 0. The van der Waals surface area contributed by atoms with Crippen LogP contribution in [-0.2, 0) is 16.1 Å². The topological polar surface area (TPSA) is 80.0 Å². The fourth-order valence-electron chi connectivity index (χ4n) is 3.56. The Morgan fingerprint density at radius 3 is 2.53 bits per heavy atom. The highest BCUT2D eigenvalue weighted by Crippen LogP contribution is 2.40. The first-order valence-corrected chi connectivity index (χ1v) is 9.21. The monoisotopic (exact) mass is 407 g/mol. The standard InChI is InChI=1S/C23H18FNO5/c1-29-18-10-9-15(12-17(18)24)21(26)19-20(14-6-3-2-4-7-14)25(23(28)22(19)27)13-16-8-5-11-30-16/h2-12,20,26H,13H2,1H3/b21-19-. The Hall–Kier alpha value is -3.87. The normalized spacial score (nSPS) is 18.1. The molecule has 3 aromatic rings. The van der Waals surface area contributed by atoms with Crippen LogP contribution in [0, 0.1) is 5.82 Å². The van der Waals surface area contributed by atoms with E-state index in [9.17, 15) is 19.1 Å². The van der Waals surface area contributed by atoms with Gasteiger partial charge in [0.25, 0.3) is 11.7 Å². The van der Waals surface area contributed by atoms with Crippen LogP contribution in [0.15, 0.2) is 76.9 Å². The minimum absolute atomic E-state index is 0.00410. The quantitative estimate of drug-likeness (QED) is 0.392. The molecular formula is C23H18FNO5. The largest absolute Gasteiger partial charge is 0.507 e. The van der Waals surface area contributed by atoms with E-state index in [0.29, 0.717) is 11.3 Å². The third-order valence-corrected chi connectivity index (χ3v) is 4.99. The molecule has 152 valence electrons. The van der Waals surface area contributed by atoms with Crippen molar-refractivity contribution in [1.82, 2.24) is 4.90 Å². The molecule has 1 saturated heterocycles. The first kappa shape index (κ1) is 19.4. The highest BCUT2D eigenvalue weighted by atomic mass is 19.1. The highest BCUT2D eigenvalue weighted by Gasteiger charge is 2.46. The van der Waals surface area contributed by atoms with Gasteiger partial charge < -0.3 is 19.2 Å². The Balaban J connectivity index is 1.85. The number of hydrogen-bond donors (Lipinski definition) is 1. The molecule has 0 aliphatic carbocycles. The molecule has 1 aliphatic rings. The summed E-state index contributed by atoms with van der Waals surface area (Å²) < 4.78 is 24.4. The fraction of sp³-hybridized carbons (Fsp3) is 0.130. The van der Waals surface area contributed by atoms with Crippen LogP contribution in [0.4, 0.5) is 4.39 Å². The molecule has 1 aromatic heterocycles. The third-order valence-electron chi connectivity index (χ3n) is 4.99. The number of aliphatic hydroxyl groups excluding tert-OH is 1. The SMILES string of the molecule is COc1ccc(/C(O)=C2/C(=O)C(=O)N(Cc3ccco3)C2c2ccccc2)cc1F. The molecule has 1 unspecified atom stereocenters. The molecule has 1 N–H and O–H groups in total. The number of likely N-dealkylation sites (tertiary alicyclic amines) is 1. The number of nitrogens with zero attached hydrogens (tertiary/aromatic N) is 1. The van der Waals surface area contributed by atoms with Gasteiger partial charge in [0.05, 0.1) is 31.5 Å². The van der Waals surface area contributed by atoms with Crippen LogP contribution in [0.1, 0.15) is 22.9 Å². The number of benzene rings is 2.